The highest BCUT2D eigenvalue weighted by Crippen LogP contribution is 2.15. The van der Waals surface area contributed by atoms with E-state index in [0.717, 1.165) is 31.9 Å². The fraction of sp³-hybridized carbons (Fsp3) is 0.500. The fourth-order valence-electron chi connectivity index (χ4n) is 2.94. The molecule has 0 radical (unpaired) electrons. The number of benzene rings is 1. The third kappa shape index (κ3) is 4.64. The van der Waals surface area contributed by atoms with Crippen molar-refractivity contribution in [1.82, 2.24) is 25.0 Å². The van der Waals surface area contributed by atoms with E-state index in [2.05, 4.69) is 34.1 Å². The van der Waals surface area contributed by atoms with E-state index in [-0.39, 0.29) is 11.4 Å². The zero-order chi connectivity index (χ0) is 17.7. The smallest absolute Gasteiger partial charge is 0.251 e. The second-order valence-electron chi connectivity index (χ2n) is 6.88. The van der Waals surface area contributed by atoms with Crippen LogP contribution >= 0.6 is 0 Å². The van der Waals surface area contributed by atoms with E-state index in [9.17, 15) is 4.79 Å². The first-order valence-electron chi connectivity index (χ1n) is 8.57. The van der Waals surface area contributed by atoms with E-state index in [1.54, 1.807) is 11.0 Å². The van der Waals surface area contributed by atoms with Gasteiger partial charge in [-0.1, -0.05) is 12.1 Å². The molecular weight excluding hydrogens is 318 g/mol. The van der Waals surface area contributed by atoms with Crippen molar-refractivity contribution in [2.24, 2.45) is 0 Å². The normalized spacial score (nSPS) is 15.9. The van der Waals surface area contributed by atoms with Crippen molar-refractivity contribution >= 4 is 5.91 Å². The molecule has 1 fully saturated rings. The summed E-state index contributed by atoms with van der Waals surface area (Å²) < 4.78 is 7.15. The van der Waals surface area contributed by atoms with Gasteiger partial charge in [0.1, 0.15) is 12.7 Å². The molecule has 1 aromatic carbocycles. The lowest BCUT2D eigenvalue weighted by atomic mass is 10.0. The minimum absolute atomic E-state index is 0.0476. The summed E-state index contributed by atoms with van der Waals surface area (Å²) >= 11 is 0. The van der Waals surface area contributed by atoms with Crippen molar-refractivity contribution in [2.75, 3.05) is 32.8 Å². The molecule has 0 atom stereocenters. The zero-order valence-electron chi connectivity index (χ0n) is 14.8. The van der Waals surface area contributed by atoms with E-state index >= 15 is 0 Å². The molecule has 1 aliphatic heterocycles. The Bertz CT molecular complexity index is 676. The Balaban J connectivity index is 1.54. The number of aromatic nitrogens is 3. The van der Waals surface area contributed by atoms with E-state index in [1.807, 2.05) is 24.3 Å². The maximum atomic E-state index is 12.4. The van der Waals surface area contributed by atoms with Gasteiger partial charge in [-0.15, -0.1) is 0 Å². The van der Waals surface area contributed by atoms with Gasteiger partial charge in [-0.25, -0.2) is 9.67 Å². The third-order valence-corrected chi connectivity index (χ3v) is 4.58. The lowest BCUT2D eigenvalue weighted by molar-refractivity contribution is -0.00923. The average Bonchev–Trinajstić information content (AvgIpc) is 3.14. The van der Waals surface area contributed by atoms with Crippen molar-refractivity contribution in [1.29, 1.82) is 0 Å². The van der Waals surface area contributed by atoms with E-state index in [0.29, 0.717) is 18.7 Å². The molecule has 0 spiro atoms. The first kappa shape index (κ1) is 17.6. The molecule has 0 unspecified atom stereocenters. The van der Waals surface area contributed by atoms with Crippen LogP contribution in [0.5, 0.6) is 0 Å². The second kappa shape index (κ2) is 7.76. The summed E-state index contributed by atoms with van der Waals surface area (Å²) in [6.07, 6.45) is 3.19. The predicted molar refractivity (Wildman–Crippen MR) is 94.4 cm³/mol. The monoisotopic (exact) mass is 343 g/mol. The molecule has 134 valence electrons. The summed E-state index contributed by atoms with van der Waals surface area (Å²) in [4.78, 5) is 18.7. The van der Waals surface area contributed by atoms with Crippen LogP contribution in [0.1, 0.15) is 29.8 Å². The summed E-state index contributed by atoms with van der Waals surface area (Å²) in [5.41, 5.74) is 1.66. The Morgan fingerprint density at radius 3 is 2.60 bits per heavy atom. The number of carbonyl (C=O) groups is 1. The Morgan fingerprint density at radius 1 is 1.24 bits per heavy atom. The summed E-state index contributed by atoms with van der Waals surface area (Å²) in [7, 11) is 0. The number of amides is 1. The molecule has 0 bridgehead atoms. The van der Waals surface area contributed by atoms with Crippen molar-refractivity contribution in [2.45, 2.75) is 25.9 Å². The zero-order valence-corrected chi connectivity index (χ0v) is 14.8. The molecule has 1 aromatic heterocycles. The number of hydrogen-bond donors (Lipinski definition) is 1. The first-order chi connectivity index (χ1) is 12.0. The van der Waals surface area contributed by atoms with Gasteiger partial charge in [0.25, 0.3) is 5.91 Å². The van der Waals surface area contributed by atoms with Crippen LogP contribution in [0.25, 0.3) is 0 Å². The predicted octanol–water partition coefficient (Wildman–Crippen LogP) is 1.17. The van der Waals surface area contributed by atoms with Gasteiger partial charge < -0.3 is 10.1 Å². The number of carbonyl (C=O) groups excluding carboxylic acids is 1. The number of rotatable bonds is 6. The van der Waals surface area contributed by atoms with Crippen LogP contribution < -0.4 is 5.32 Å². The average molecular weight is 343 g/mol. The van der Waals surface area contributed by atoms with Crippen LogP contribution in [0.3, 0.4) is 0 Å². The first-order valence-corrected chi connectivity index (χ1v) is 8.57. The largest absolute Gasteiger partial charge is 0.379 e. The Labute approximate surface area is 148 Å². The topological polar surface area (TPSA) is 72.3 Å². The van der Waals surface area contributed by atoms with Crippen molar-refractivity contribution in [3.63, 3.8) is 0 Å². The van der Waals surface area contributed by atoms with Crippen LogP contribution in [-0.2, 0) is 11.3 Å². The molecule has 0 aliphatic carbocycles. The highest BCUT2D eigenvalue weighted by molar-refractivity contribution is 5.94. The number of ether oxygens (including phenoxy) is 1. The highest BCUT2D eigenvalue weighted by Gasteiger charge is 2.28. The van der Waals surface area contributed by atoms with Crippen molar-refractivity contribution < 1.29 is 9.53 Å². The van der Waals surface area contributed by atoms with Crippen molar-refractivity contribution in [3.8, 4) is 0 Å². The Morgan fingerprint density at radius 2 is 1.96 bits per heavy atom. The molecule has 25 heavy (non-hydrogen) atoms. The third-order valence-electron chi connectivity index (χ3n) is 4.58. The van der Waals surface area contributed by atoms with Gasteiger partial charge in [0.05, 0.1) is 19.8 Å². The lowest BCUT2D eigenvalue weighted by Gasteiger charge is -2.40. The van der Waals surface area contributed by atoms with Gasteiger partial charge >= 0.3 is 0 Å². The Kier molecular flexibility index (Phi) is 5.45. The number of morpholine rings is 1. The maximum absolute atomic E-state index is 12.4. The van der Waals surface area contributed by atoms with Crippen LogP contribution in [0, 0.1) is 0 Å². The standard InChI is InChI=1S/C18H25N5O2/c1-18(2,22-7-9-25-10-8-22)12-20-17(24)16-5-3-15(4-6-16)11-23-14-19-13-21-23/h3-6,13-14H,7-12H2,1-2H3,(H,20,24). The van der Waals surface area contributed by atoms with Crippen LogP contribution in [-0.4, -0.2) is 64.0 Å². The number of hydrogen-bond acceptors (Lipinski definition) is 5. The number of nitrogens with zero attached hydrogens (tertiary/aromatic N) is 4. The molecule has 1 aliphatic rings. The van der Waals surface area contributed by atoms with Gasteiger partial charge in [-0.05, 0) is 31.5 Å². The van der Waals surface area contributed by atoms with Crippen LogP contribution in [0.2, 0.25) is 0 Å². The fourth-order valence-corrected chi connectivity index (χ4v) is 2.94. The van der Waals surface area contributed by atoms with Gasteiger partial charge in [0.15, 0.2) is 0 Å². The minimum Gasteiger partial charge on any atom is -0.379 e. The molecule has 2 aromatic rings. The van der Waals surface area contributed by atoms with E-state index < -0.39 is 0 Å². The summed E-state index contributed by atoms with van der Waals surface area (Å²) in [6, 6.07) is 7.60. The lowest BCUT2D eigenvalue weighted by Crippen LogP contribution is -2.55. The summed E-state index contributed by atoms with van der Waals surface area (Å²) in [5, 5.41) is 7.14. The second-order valence-corrected chi connectivity index (χ2v) is 6.88. The van der Waals surface area contributed by atoms with Gasteiger partial charge in [0, 0.05) is 30.7 Å². The quantitative estimate of drug-likeness (QED) is 0.852. The molecule has 0 saturated carbocycles. The van der Waals surface area contributed by atoms with Crippen LogP contribution in [0.4, 0.5) is 0 Å². The van der Waals surface area contributed by atoms with Crippen LogP contribution in [0.15, 0.2) is 36.9 Å². The van der Waals surface area contributed by atoms with E-state index in [1.165, 1.54) is 6.33 Å². The molecule has 3 rings (SSSR count). The molecule has 1 amide bonds. The Hall–Kier alpha value is -2.25. The molecule has 1 saturated heterocycles. The van der Waals surface area contributed by atoms with Gasteiger partial charge in [0.2, 0.25) is 0 Å². The molecular formula is C18H25N5O2. The summed E-state index contributed by atoms with van der Waals surface area (Å²) in [5.74, 6) is -0.0476. The highest BCUT2D eigenvalue weighted by atomic mass is 16.5. The molecule has 1 N–H and O–H groups in total. The molecule has 7 nitrogen and oxygen atoms in total. The summed E-state index contributed by atoms with van der Waals surface area (Å²) in [6.45, 7) is 8.87. The molecule has 7 heteroatoms. The SMILES string of the molecule is CC(C)(CNC(=O)c1ccc(Cn2cncn2)cc1)N1CCOCC1. The van der Waals surface area contributed by atoms with Crippen molar-refractivity contribution in [3.05, 3.63) is 48.0 Å². The molecule has 2 heterocycles. The minimum atomic E-state index is -0.0908. The van der Waals surface area contributed by atoms with Gasteiger partial charge in [-0.3, -0.25) is 9.69 Å². The maximum Gasteiger partial charge on any atom is 0.251 e. The van der Waals surface area contributed by atoms with E-state index in [4.69, 9.17) is 4.74 Å². The number of nitrogens with one attached hydrogen (secondary N) is 1. The van der Waals surface area contributed by atoms with Gasteiger partial charge in [-0.2, -0.15) is 5.10 Å².